The molecule has 0 unspecified atom stereocenters. The Kier molecular flexibility index (Phi) is 5.61. The highest BCUT2D eigenvalue weighted by atomic mass is 16.2. The monoisotopic (exact) mass is 331 g/mol. The molecule has 7 heteroatoms. The SMILES string of the molecule is O=C(NCCCN1CCCC1=O)[C@H]1CCCN(c2cnccn2)C1. The predicted molar refractivity (Wildman–Crippen MR) is 90.4 cm³/mol. The van der Waals surface area contributed by atoms with Gasteiger partial charge >= 0.3 is 0 Å². The van der Waals surface area contributed by atoms with Crippen LogP contribution in [0.15, 0.2) is 18.6 Å². The zero-order valence-corrected chi connectivity index (χ0v) is 14.0. The number of anilines is 1. The first-order valence-electron chi connectivity index (χ1n) is 8.80. The zero-order chi connectivity index (χ0) is 16.8. The molecule has 0 aromatic carbocycles. The van der Waals surface area contributed by atoms with Gasteiger partial charge in [0.2, 0.25) is 11.8 Å². The molecule has 130 valence electrons. The molecule has 1 aromatic heterocycles. The van der Waals surface area contributed by atoms with E-state index in [-0.39, 0.29) is 17.7 Å². The molecule has 2 amide bonds. The van der Waals surface area contributed by atoms with E-state index in [1.165, 1.54) is 0 Å². The molecule has 24 heavy (non-hydrogen) atoms. The minimum atomic E-state index is -0.00539. The summed E-state index contributed by atoms with van der Waals surface area (Å²) in [7, 11) is 0. The van der Waals surface area contributed by atoms with E-state index in [9.17, 15) is 9.59 Å². The van der Waals surface area contributed by atoms with Crippen LogP contribution in [0, 0.1) is 5.92 Å². The van der Waals surface area contributed by atoms with Gasteiger partial charge in [0.15, 0.2) is 0 Å². The fourth-order valence-electron chi connectivity index (χ4n) is 3.42. The molecule has 3 heterocycles. The van der Waals surface area contributed by atoms with Crippen molar-refractivity contribution in [2.24, 2.45) is 5.92 Å². The van der Waals surface area contributed by atoms with Crippen LogP contribution in [0.1, 0.15) is 32.1 Å². The molecule has 7 nitrogen and oxygen atoms in total. The number of hydrogen-bond acceptors (Lipinski definition) is 5. The van der Waals surface area contributed by atoms with E-state index in [0.717, 1.165) is 51.1 Å². The van der Waals surface area contributed by atoms with Crippen molar-refractivity contribution >= 4 is 17.6 Å². The second-order valence-corrected chi connectivity index (χ2v) is 6.48. The van der Waals surface area contributed by atoms with Gasteiger partial charge in [-0.1, -0.05) is 0 Å². The molecule has 3 rings (SSSR count). The first kappa shape index (κ1) is 16.7. The third-order valence-electron chi connectivity index (χ3n) is 4.74. The van der Waals surface area contributed by atoms with Gasteiger partial charge in [-0.2, -0.15) is 0 Å². The lowest BCUT2D eigenvalue weighted by atomic mass is 9.97. The summed E-state index contributed by atoms with van der Waals surface area (Å²) < 4.78 is 0. The largest absolute Gasteiger partial charge is 0.356 e. The van der Waals surface area contributed by atoms with Gasteiger partial charge in [-0.25, -0.2) is 4.98 Å². The van der Waals surface area contributed by atoms with Gasteiger partial charge in [0, 0.05) is 51.5 Å². The van der Waals surface area contributed by atoms with Crippen molar-refractivity contribution in [1.82, 2.24) is 20.2 Å². The first-order valence-corrected chi connectivity index (χ1v) is 8.80. The lowest BCUT2D eigenvalue weighted by molar-refractivity contribution is -0.127. The van der Waals surface area contributed by atoms with Crippen molar-refractivity contribution in [1.29, 1.82) is 0 Å². The van der Waals surface area contributed by atoms with E-state index in [1.54, 1.807) is 18.6 Å². The number of likely N-dealkylation sites (tertiary alicyclic amines) is 1. The Labute approximate surface area is 142 Å². The van der Waals surface area contributed by atoms with Crippen LogP contribution in [-0.2, 0) is 9.59 Å². The van der Waals surface area contributed by atoms with Crippen LogP contribution in [0.5, 0.6) is 0 Å². The van der Waals surface area contributed by atoms with Crippen LogP contribution < -0.4 is 10.2 Å². The number of carbonyl (C=O) groups excluding carboxylic acids is 2. The van der Waals surface area contributed by atoms with Crippen molar-refractivity contribution in [2.45, 2.75) is 32.1 Å². The average molecular weight is 331 g/mol. The minimum absolute atomic E-state index is 0.00539. The van der Waals surface area contributed by atoms with Crippen molar-refractivity contribution in [3.05, 3.63) is 18.6 Å². The zero-order valence-electron chi connectivity index (χ0n) is 14.0. The number of rotatable bonds is 6. The molecule has 0 saturated carbocycles. The summed E-state index contributed by atoms with van der Waals surface area (Å²) in [5.74, 6) is 1.18. The highest BCUT2D eigenvalue weighted by molar-refractivity contribution is 5.79. The number of nitrogens with zero attached hydrogens (tertiary/aromatic N) is 4. The summed E-state index contributed by atoms with van der Waals surface area (Å²) in [6, 6.07) is 0. The maximum absolute atomic E-state index is 12.4. The minimum Gasteiger partial charge on any atom is -0.356 e. The van der Waals surface area contributed by atoms with E-state index >= 15 is 0 Å². The topological polar surface area (TPSA) is 78.4 Å². The highest BCUT2D eigenvalue weighted by Gasteiger charge is 2.26. The van der Waals surface area contributed by atoms with Crippen molar-refractivity contribution < 1.29 is 9.59 Å². The molecular formula is C17H25N5O2. The van der Waals surface area contributed by atoms with Crippen LogP contribution in [0.25, 0.3) is 0 Å². The molecule has 1 aromatic rings. The molecule has 0 spiro atoms. The van der Waals surface area contributed by atoms with Gasteiger partial charge < -0.3 is 15.1 Å². The molecule has 2 aliphatic heterocycles. The van der Waals surface area contributed by atoms with Gasteiger partial charge in [0.25, 0.3) is 0 Å². The number of nitrogens with one attached hydrogen (secondary N) is 1. The Balaban J connectivity index is 1.40. The van der Waals surface area contributed by atoms with Gasteiger partial charge in [0.05, 0.1) is 12.1 Å². The summed E-state index contributed by atoms with van der Waals surface area (Å²) in [5.41, 5.74) is 0. The summed E-state index contributed by atoms with van der Waals surface area (Å²) in [6.45, 7) is 3.84. The van der Waals surface area contributed by atoms with E-state index in [2.05, 4.69) is 20.2 Å². The van der Waals surface area contributed by atoms with E-state index in [1.807, 2.05) is 4.90 Å². The Hall–Kier alpha value is -2.18. The van der Waals surface area contributed by atoms with Crippen molar-refractivity contribution in [3.8, 4) is 0 Å². The van der Waals surface area contributed by atoms with Gasteiger partial charge in [-0.3, -0.25) is 14.6 Å². The predicted octanol–water partition coefficient (Wildman–Crippen LogP) is 0.822. The molecule has 2 aliphatic rings. The molecular weight excluding hydrogens is 306 g/mol. The fraction of sp³-hybridized carbons (Fsp3) is 0.647. The maximum Gasteiger partial charge on any atom is 0.224 e. The molecule has 2 saturated heterocycles. The first-order chi connectivity index (χ1) is 11.7. The Morgan fingerprint density at radius 2 is 2.21 bits per heavy atom. The summed E-state index contributed by atoms with van der Waals surface area (Å²) in [4.78, 5) is 36.4. The molecule has 1 atom stereocenters. The third-order valence-corrected chi connectivity index (χ3v) is 4.74. The molecule has 0 bridgehead atoms. The lowest BCUT2D eigenvalue weighted by Gasteiger charge is -2.32. The Morgan fingerprint density at radius 3 is 2.96 bits per heavy atom. The van der Waals surface area contributed by atoms with E-state index < -0.39 is 0 Å². The number of piperidine rings is 1. The third kappa shape index (κ3) is 4.21. The van der Waals surface area contributed by atoms with Crippen LogP contribution in [0.3, 0.4) is 0 Å². The average Bonchev–Trinajstić information content (AvgIpc) is 3.04. The smallest absolute Gasteiger partial charge is 0.224 e. The Bertz CT molecular complexity index is 565. The van der Waals surface area contributed by atoms with Crippen LogP contribution >= 0.6 is 0 Å². The molecule has 1 N–H and O–H groups in total. The van der Waals surface area contributed by atoms with E-state index in [4.69, 9.17) is 0 Å². The number of carbonyl (C=O) groups is 2. The fourth-order valence-corrected chi connectivity index (χ4v) is 3.42. The van der Waals surface area contributed by atoms with Gasteiger partial charge in [-0.05, 0) is 25.7 Å². The summed E-state index contributed by atoms with van der Waals surface area (Å²) in [6.07, 6.45) is 9.43. The summed E-state index contributed by atoms with van der Waals surface area (Å²) >= 11 is 0. The molecule has 2 fully saturated rings. The van der Waals surface area contributed by atoms with E-state index in [0.29, 0.717) is 19.5 Å². The maximum atomic E-state index is 12.4. The molecule has 0 radical (unpaired) electrons. The van der Waals surface area contributed by atoms with Crippen LogP contribution in [0.4, 0.5) is 5.82 Å². The number of hydrogen-bond donors (Lipinski definition) is 1. The molecule has 0 aliphatic carbocycles. The second-order valence-electron chi connectivity index (χ2n) is 6.48. The number of amides is 2. The van der Waals surface area contributed by atoms with Crippen LogP contribution in [-0.4, -0.2) is 59.4 Å². The summed E-state index contributed by atoms with van der Waals surface area (Å²) in [5, 5.41) is 3.02. The highest BCUT2D eigenvalue weighted by Crippen LogP contribution is 2.20. The van der Waals surface area contributed by atoms with Crippen LogP contribution in [0.2, 0.25) is 0 Å². The van der Waals surface area contributed by atoms with Crippen molar-refractivity contribution in [2.75, 3.05) is 37.6 Å². The normalized spacial score (nSPS) is 21.2. The number of aromatic nitrogens is 2. The van der Waals surface area contributed by atoms with Gasteiger partial charge in [-0.15, -0.1) is 0 Å². The lowest BCUT2D eigenvalue weighted by Crippen LogP contribution is -2.44. The standard InChI is InChI=1S/C17H25N5O2/c23-16-5-2-9-21(16)11-3-6-20-17(24)14-4-1-10-22(13-14)15-12-18-7-8-19-15/h7-8,12,14H,1-6,9-11,13H2,(H,20,24)/t14-/m0/s1. The second kappa shape index (κ2) is 8.08. The quantitative estimate of drug-likeness (QED) is 0.781. The van der Waals surface area contributed by atoms with Crippen molar-refractivity contribution in [3.63, 3.8) is 0 Å². The van der Waals surface area contributed by atoms with Gasteiger partial charge in [0.1, 0.15) is 5.82 Å². The Morgan fingerprint density at radius 1 is 1.29 bits per heavy atom.